The number of carbonyl (C=O) groups is 1. The molecule has 20 heavy (non-hydrogen) atoms. The van der Waals surface area contributed by atoms with Crippen molar-refractivity contribution in [1.82, 2.24) is 5.32 Å². The molecule has 0 saturated heterocycles. The molecule has 110 valence electrons. The molecule has 1 fully saturated rings. The summed E-state index contributed by atoms with van der Waals surface area (Å²) in [5.41, 5.74) is 7.12. The minimum absolute atomic E-state index is 0.0680. The fraction of sp³-hybridized carbons (Fsp3) is 0.588. The number of hydrogen-bond donors (Lipinski definition) is 2. The lowest BCUT2D eigenvalue weighted by molar-refractivity contribution is -0.122. The van der Waals surface area contributed by atoms with Gasteiger partial charge in [0.25, 0.3) is 0 Å². The third kappa shape index (κ3) is 3.40. The molecule has 3 N–H and O–H groups in total. The first-order valence-corrected chi connectivity index (χ1v) is 7.73. The van der Waals surface area contributed by atoms with Crippen LogP contribution in [0.15, 0.2) is 30.3 Å². The molecule has 1 aliphatic rings. The average molecular weight is 274 g/mol. The first-order chi connectivity index (χ1) is 9.71. The summed E-state index contributed by atoms with van der Waals surface area (Å²) < 4.78 is 0. The first-order valence-electron chi connectivity index (χ1n) is 7.73. The first kappa shape index (κ1) is 15.0. The molecule has 1 atom stereocenters. The van der Waals surface area contributed by atoms with E-state index >= 15 is 0 Å². The third-order valence-corrected chi connectivity index (χ3v) is 4.81. The van der Waals surface area contributed by atoms with E-state index in [0.29, 0.717) is 12.0 Å². The van der Waals surface area contributed by atoms with Crippen molar-refractivity contribution in [1.29, 1.82) is 0 Å². The highest BCUT2D eigenvalue weighted by molar-refractivity contribution is 5.83. The van der Waals surface area contributed by atoms with Crippen molar-refractivity contribution < 1.29 is 4.79 Å². The van der Waals surface area contributed by atoms with E-state index in [1.165, 1.54) is 25.7 Å². The molecule has 3 heteroatoms. The molecule has 0 heterocycles. The van der Waals surface area contributed by atoms with Crippen LogP contribution < -0.4 is 11.1 Å². The van der Waals surface area contributed by atoms with E-state index in [-0.39, 0.29) is 11.8 Å². The van der Waals surface area contributed by atoms with Crippen LogP contribution in [-0.4, -0.2) is 19.0 Å². The standard InChI is InChI=1S/C17H26N2O/c1-2-17(10-6-7-11-17)13-19-16(20)15(12-18)14-8-4-3-5-9-14/h3-5,8-9,15H,2,6-7,10-13,18H2,1H3,(H,19,20). The summed E-state index contributed by atoms with van der Waals surface area (Å²) in [6.45, 7) is 3.38. The quantitative estimate of drug-likeness (QED) is 0.838. The van der Waals surface area contributed by atoms with Crippen molar-refractivity contribution in [3.8, 4) is 0 Å². The van der Waals surface area contributed by atoms with E-state index in [4.69, 9.17) is 5.73 Å². The molecular formula is C17H26N2O. The normalized spacial score (nSPS) is 18.7. The zero-order chi connectivity index (χ0) is 14.4. The molecule has 1 aromatic carbocycles. The van der Waals surface area contributed by atoms with Crippen molar-refractivity contribution in [3.05, 3.63) is 35.9 Å². The summed E-state index contributed by atoms with van der Waals surface area (Å²) in [7, 11) is 0. The van der Waals surface area contributed by atoms with Gasteiger partial charge in [0.15, 0.2) is 0 Å². The number of hydrogen-bond acceptors (Lipinski definition) is 2. The maximum absolute atomic E-state index is 12.4. The zero-order valence-electron chi connectivity index (χ0n) is 12.4. The maximum atomic E-state index is 12.4. The number of nitrogens with one attached hydrogen (secondary N) is 1. The van der Waals surface area contributed by atoms with E-state index in [2.05, 4.69) is 12.2 Å². The van der Waals surface area contributed by atoms with Crippen LogP contribution in [0.4, 0.5) is 0 Å². The molecule has 1 amide bonds. The van der Waals surface area contributed by atoms with Gasteiger partial charge >= 0.3 is 0 Å². The van der Waals surface area contributed by atoms with Gasteiger partial charge in [-0.3, -0.25) is 4.79 Å². The Morgan fingerprint density at radius 3 is 2.50 bits per heavy atom. The summed E-state index contributed by atoms with van der Waals surface area (Å²) >= 11 is 0. The molecule has 0 aromatic heterocycles. The van der Waals surface area contributed by atoms with Gasteiger partial charge in [-0.15, -0.1) is 0 Å². The number of benzene rings is 1. The van der Waals surface area contributed by atoms with Crippen LogP contribution in [0, 0.1) is 5.41 Å². The Labute approximate surface area is 121 Å². The highest BCUT2D eigenvalue weighted by atomic mass is 16.1. The number of carbonyl (C=O) groups excluding carboxylic acids is 1. The van der Waals surface area contributed by atoms with Gasteiger partial charge in [0, 0.05) is 13.1 Å². The lowest BCUT2D eigenvalue weighted by atomic mass is 9.83. The second kappa shape index (κ2) is 6.89. The fourth-order valence-electron chi connectivity index (χ4n) is 3.26. The van der Waals surface area contributed by atoms with Crippen LogP contribution in [-0.2, 0) is 4.79 Å². The topological polar surface area (TPSA) is 55.1 Å². The minimum Gasteiger partial charge on any atom is -0.355 e. The lowest BCUT2D eigenvalue weighted by Gasteiger charge is -2.28. The van der Waals surface area contributed by atoms with E-state index < -0.39 is 0 Å². The molecular weight excluding hydrogens is 248 g/mol. The van der Waals surface area contributed by atoms with Crippen molar-refractivity contribution >= 4 is 5.91 Å². The maximum Gasteiger partial charge on any atom is 0.228 e. The van der Waals surface area contributed by atoms with Crippen LogP contribution in [0.3, 0.4) is 0 Å². The van der Waals surface area contributed by atoms with Gasteiger partial charge in [0.05, 0.1) is 5.92 Å². The predicted molar refractivity (Wildman–Crippen MR) is 82.4 cm³/mol. The molecule has 0 spiro atoms. The average Bonchev–Trinajstić information content (AvgIpc) is 2.97. The second-order valence-corrected chi connectivity index (χ2v) is 5.98. The molecule has 1 unspecified atom stereocenters. The Hall–Kier alpha value is -1.35. The highest BCUT2D eigenvalue weighted by Gasteiger charge is 2.32. The molecule has 0 bridgehead atoms. The minimum atomic E-state index is -0.230. The van der Waals surface area contributed by atoms with Gasteiger partial charge in [0.1, 0.15) is 0 Å². The van der Waals surface area contributed by atoms with Gasteiger partial charge in [-0.1, -0.05) is 50.1 Å². The molecule has 1 aromatic rings. The Bertz CT molecular complexity index is 424. The SMILES string of the molecule is CCC1(CNC(=O)C(CN)c2ccccc2)CCCC1. The fourth-order valence-corrected chi connectivity index (χ4v) is 3.26. The number of nitrogens with two attached hydrogens (primary N) is 1. The van der Waals surface area contributed by atoms with Crippen LogP contribution in [0.25, 0.3) is 0 Å². The Morgan fingerprint density at radius 2 is 1.95 bits per heavy atom. The lowest BCUT2D eigenvalue weighted by Crippen LogP contribution is -2.40. The monoisotopic (exact) mass is 274 g/mol. The van der Waals surface area contributed by atoms with E-state index in [1.54, 1.807) is 0 Å². The molecule has 0 radical (unpaired) electrons. The van der Waals surface area contributed by atoms with Crippen LogP contribution in [0.2, 0.25) is 0 Å². The van der Waals surface area contributed by atoms with Crippen molar-refractivity contribution in [3.63, 3.8) is 0 Å². The third-order valence-electron chi connectivity index (χ3n) is 4.81. The molecule has 3 nitrogen and oxygen atoms in total. The van der Waals surface area contributed by atoms with Crippen molar-refractivity contribution in [2.24, 2.45) is 11.1 Å². The Kier molecular flexibility index (Phi) is 5.18. The van der Waals surface area contributed by atoms with Crippen molar-refractivity contribution in [2.75, 3.05) is 13.1 Å². The number of rotatable bonds is 6. The van der Waals surface area contributed by atoms with Gasteiger partial charge in [0.2, 0.25) is 5.91 Å². The summed E-state index contributed by atoms with van der Waals surface area (Å²) in [5.74, 6) is -0.162. The largest absolute Gasteiger partial charge is 0.355 e. The van der Waals surface area contributed by atoms with Crippen molar-refractivity contribution in [2.45, 2.75) is 44.9 Å². The smallest absolute Gasteiger partial charge is 0.228 e. The summed E-state index contributed by atoms with van der Waals surface area (Å²) in [4.78, 5) is 12.4. The van der Waals surface area contributed by atoms with Crippen LogP contribution in [0.1, 0.15) is 50.5 Å². The molecule has 1 saturated carbocycles. The summed E-state index contributed by atoms with van der Waals surface area (Å²) in [6, 6.07) is 9.82. The summed E-state index contributed by atoms with van der Waals surface area (Å²) in [5, 5.41) is 3.15. The summed E-state index contributed by atoms with van der Waals surface area (Å²) in [6.07, 6.45) is 6.21. The molecule has 1 aliphatic carbocycles. The Balaban J connectivity index is 1.96. The van der Waals surface area contributed by atoms with E-state index in [1.807, 2.05) is 30.3 Å². The van der Waals surface area contributed by atoms with Gasteiger partial charge in [-0.05, 0) is 30.2 Å². The highest BCUT2D eigenvalue weighted by Crippen LogP contribution is 2.40. The van der Waals surface area contributed by atoms with E-state index in [0.717, 1.165) is 18.5 Å². The second-order valence-electron chi connectivity index (χ2n) is 5.98. The predicted octanol–water partition coefficient (Wildman–Crippen LogP) is 2.82. The van der Waals surface area contributed by atoms with Gasteiger partial charge in [-0.2, -0.15) is 0 Å². The molecule has 0 aliphatic heterocycles. The van der Waals surface area contributed by atoms with Crippen LogP contribution >= 0.6 is 0 Å². The number of amides is 1. The Morgan fingerprint density at radius 1 is 1.30 bits per heavy atom. The zero-order valence-corrected chi connectivity index (χ0v) is 12.4. The molecule has 2 rings (SSSR count). The van der Waals surface area contributed by atoms with Gasteiger partial charge in [-0.25, -0.2) is 0 Å². The van der Waals surface area contributed by atoms with Gasteiger partial charge < -0.3 is 11.1 Å². The van der Waals surface area contributed by atoms with Crippen LogP contribution in [0.5, 0.6) is 0 Å². The van der Waals surface area contributed by atoms with E-state index in [9.17, 15) is 4.79 Å².